The Hall–Kier alpha value is -1.36. The fourth-order valence-corrected chi connectivity index (χ4v) is 2.99. The summed E-state index contributed by atoms with van der Waals surface area (Å²) >= 11 is 1.34. The molecule has 1 atom stereocenters. The van der Waals surface area contributed by atoms with Crippen LogP contribution in [0.2, 0.25) is 0 Å². The van der Waals surface area contributed by atoms with E-state index in [4.69, 9.17) is 0 Å². The number of amides is 1. The van der Waals surface area contributed by atoms with Crippen molar-refractivity contribution < 1.29 is 14.7 Å². The Morgan fingerprint density at radius 3 is 2.32 bits per heavy atom. The minimum atomic E-state index is -0.978. The maximum absolute atomic E-state index is 12.0. The Morgan fingerprint density at radius 2 is 1.89 bits per heavy atom. The molecule has 4 nitrogen and oxygen atoms in total. The topological polar surface area (TPSA) is 66.4 Å². The average molecular weight is 283 g/mol. The molecule has 0 aromatic carbocycles. The van der Waals surface area contributed by atoms with Crippen molar-refractivity contribution in [2.24, 2.45) is 11.8 Å². The van der Waals surface area contributed by atoms with E-state index in [0.717, 1.165) is 10.4 Å². The molecule has 106 valence electrons. The van der Waals surface area contributed by atoms with E-state index in [1.165, 1.54) is 11.3 Å². The molecule has 0 fully saturated rings. The molecule has 1 rings (SSSR count). The molecule has 0 bridgehead atoms. The van der Waals surface area contributed by atoms with Crippen molar-refractivity contribution in [1.82, 2.24) is 0 Å². The van der Waals surface area contributed by atoms with Gasteiger partial charge >= 0.3 is 5.97 Å². The van der Waals surface area contributed by atoms with Crippen LogP contribution in [-0.2, 0) is 11.2 Å². The molecule has 1 heterocycles. The number of carboxylic acids is 1. The number of anilines is 1. The number of carbonyl (C=O) groups excluding carboxylic acids is 1. The Labute approximate surface area is 117 Å². The molecule has 1 amide bonds. The van der Waals surface area contributed by atoms with Gasteiger partial charge < -0.3 is 10.4 Å². The van der Waals surface area contributed by atoms with Gasteiger partial charge in [-0.2, -0.15) is 0 Å². The number of hydrogen-bond acceptors (Lipinski definition) is 3. The lowest BCUT2D eigenvalue weighted by molar-refractivity contribution is -0.120. The molecule has 1 aromatic heterocycles. The predicted octanol–water partition coefficient (Wildman–Crippen LogP) is 3.55. The van der Waals surface area contributed by atoms with Crippen molar-refractivity contribution in [3.63, 3.8) is 0 Å². The SMILES string of the molecule is CCc1c(C)sc(NC(=O)C(C)C(C)C)c1C(=O)O. The van der Waals surface area contributed by atoms with Crippen molar-refractivity contribution >= 4 is 28.2 Å². The number of rotatable bonds is 5. The third-order valence-electron chi connectivity index (χ3n) is 3.43. The molecule has 0 aliphatic carbocycles. The molecule has 0 aliphatic heterocycles. The van der Waals surface area contributed by atoms with E-state index in [-0.39, 0.29) is 23.3 Å². The lowest BCUT2D eigenvalue weighted by Crippen LogP contribution is -2.24. The van der Waals surface area contributed by atoms with Crippen LogP contribution in [0.15, 0.2) is 0 Å². The van der Waals surface area contributed by atoms with Crippen LogP contribution >= 0.6 is 11.3 Å². The summed E-state index contributed by atoms with van der Waals surface area (Å²) < 4.78 is 0. The zero-order valence-electron chi connectivity index (χ0n) is 12.0. The predicted molar refractivity (Wildman–Crippen MR) is 78.0 cm³/mol. The molecule has 0 saturated carbocycles. The van der Waals surface area contributed by atoms with Crippen molar-refractivity contribution in [3.8, 4) is 0 Å². The summed E-state index contributed by atoms with van der Waals surface area (Å²) in [6.45, 7) is 9.60. The maximum Gasteiger partial charge on any atom is 0.339 e. The van der Waals surface area contributed by atoms with Gasteiger partial charge in [-0.3, -0.25) is 4.79 Å². The third kappa shape index (κ3) is 3.35. The van der Waals surface area contributed by atoms with Gasteiger partial charge in [-0.15, -0.1) is 11.3 Å². The highest BCUT2D eigenvalue weighted by atomic mass is 32.1. The molecule has 1 aromatic rings. The summed E-state index contributed by atoms with van der Waals surface area (Å²) in [6, 6.07) is 0. The Bertz CT molecular complexity index is 491. The van der Waals surface area contributed by atoms with Gasteiger partial charge in [0, 0.05) is 10.8 Å². The number of carboxylic acid groups (broad SMARTS) is 1. The number of thiophene rings is 1. The number of aryl methyl sites for hydroxylation is 1. The molecule has 0 saturated heterocycles. The first-order valence-corrected chi connectivity index (χ1v) is 7.27. The first-order chi connectivity index (χ1) is 8.79. The van der Waals surface area contributed by atoms with Crippen LogP contribution in [0, 0.1) is 18.8 Å². The Balaban J connectivity index is 3.08. The molecule has 0 aliphatic rings. The second-order valence-corrected chi connectivity index (χ2v) is 6.25. The van der Waals surface area contributed by atoms with E-state index < -0.39 is 5.97 Å². The lowest BCUT2D eigenvalue weighted by atomic mass is 9.97. The maximum atomic E-state index is 12.0. The Kier molecular flexibility index (Phi) is 5.11. The van der Waals surface area contributed by atoms with Crippen molar-refractivity contribution in [3.05, 3.63) is 16.0 Å². The second-order valence-electron chi connectivity index (χ2n) is 5.02. The van der Waals surface area contributed by atoms with E-state index in [1.807, 2.05) is 34.6 Å². The molecular weight excluding hydrogens is 262 g/mol. The van der Waals surface area contributed by atoms with Crippen LogP contribution in [0.4, 0.5) is 5.00 Å². The van der Waals surface area contributed by atoms with Crippen LogP contribution in [0.3, 0.4) is 0 Å². The van der Waals surface area contributed by atoms with E-state index in [2.05, 4.69) is 5.32 Å². The van der Waals surface area contributed by atoms with Crippen LogP contribution in [0.1, 0.15) is 48.5 Å². The van der Waals surface area contributed by atoms with Crippen LogP contribution in [0.25, 0.3) is 0 Å². The van der Waals surface area contributed by atoms with Gasteiger partial charge in [0.05, 0.1) is 5.56 Å². The molecular formula is C14H21NO3S. The molecule has 0 spiro atoms. The van der Waals surface area contributed by atoms with Crippen LogP contribution in [0.5, 0.6) is 0 Å². The summed E-state index contributed by atoms with van der Waals surface area (Å²) in [5.74, 6) is -1.02. The number of nitrogens with one attached hydrogen (secondary N) is 1. The van der Waals surface area contributed by atoms with Gasteiger partial charge in [-0.05, 0) is 24.8 Å². The fourth-order valence-electron chi connectivity index (χ4n) is 1.85. The van der Waals surface area contributed by atoms with Crippen LogP contribution < -0.4 is 5.32 Å². The largest absolute Gasteiger partial charge is 0.478 e. The molecule has 5 heteroatoms. The summed E-state index contributed by atoms with van der Waals surface area (Å²) in [4.78, 5) is 24.3. The van der Waals surface area contributed by atoms with Gasteiger partial charge in [0.15, 0.2) is 0 Å². The smallest absolute Gasteiger partial charge is 0.339 e. The van der Waals surface area contributed by atoms with Gasteiger partial charge in [0.2, 0.25) is 5.91 Å². The highest BCUT2D eigenvalue weighted by molar-refractivity contribution is 7.16. The molecule has 0 radical (unpaired) electrons. The molecule has 2 N–H and O–H groups in total. The Morgan fingerprint density at radius 1 is 1.32 bits per heavy atom. The third-order valence-corrected chi connectivity index (χ3v) is 4.49. The quantitative estimate of drug-likeness (QED) is 0.868. The van der Waals surface area contributed by atoms with Crippen LogP contribution in [-0.4, -0.2) is 17.0 Å². The monoisotopic (exact) mass is 283 g/mol. The molecule has 1 unspecified atom stereocenters. The summed E-state index contributed by atoms with van der Waals surface area (Å²) in [5, 5.41) is 12.5. The standard InChI is InChI=1S/C14H21NO3S/c1-6-10-9(5)19-13(11(10)14(17)18)15-12(16)8(4)7(2)3/h7-8H,6H2,1-5H3,(H,15,16)(H,17,18). The summed E-state index contributed by atoms with van der Waals surface area (Å²) in [5.41, 5.74) is 1.05. The summed E-state index contributed by atoms with van der Waals surface area (Å²) in [6.07, 6.45) is 0.652. The number of carbonyl (C=O) groups is 2. The van der Waals surface area contributed by atoms with E-state index in [1.54, 1.807) is 0 Å². The summed E-state index contributed by atoms with van der Waals surface area (Å²) in [7, 11) is 0. The van der Waals surface area contributed by atoms with E-state index in [9.17, 15) is 14.7 Å². The zero-order chi connectivity index (χ0) is 14.7. The van der Waals surface area contributed by atoms with Crippen molar-refractivity contribution in [1.29, 1.82) is 0 Å². The first kappa shape index (κ1) is 15.7. The van der Waals surface area contributed by atoms with E-state index in [0.29, 0.717) is 11.4 Å². The van der Waals surface area contributed by atoms with Gasteiger partial charge in [-0.25, -0.2) is 4.79 Å². The normalized spacial score (nSPS) is 12.5. The number of aromatic carboxylic acids is 1. The van der Waals surface area contributed by atoms with Gasteiger partial charge in [0.1, 0.15) is 5.00 Å². The van der Waals surface area contributed by atoms with E-state index >= 15 is 0 Å². The van der Waals surface area contributed by atoms with Crippen molar-refractivity contribution in [2.45, 2.75) is 41.0 Å². The van der Waals surface area contributed by atoms with Gasteiger partial charge in [-0.1, -0.05) is 27.7 Å². The minimum Gasteiger partial charge on any atom is -0.478 e. The van der Waals surface area contributed by atoms with Gasteiger partial charge in [0.25, 0.3) is 0 Å². The fraction of sp³-hybridized carbons (Fsp3) is 0.571. The second kappa shape index (κ2) is 6.19. The highest BCUT2D eigenvalue weighted by Crippen LogP contribution is 2.34. The lowest BCUT2D eigenvalue weighted by Gasteiger charge is -2.14. The minimum absolute atomic E-state index is 0.124. The first-order valence-electron chi connectivity index (χ1n) is 6.45. The highest BCUT2D eigenvalue weighted by Gasteiger charge is 2.24. The zero-order valence-corrected chi connectivity index (χ0v) is 12.9. The number of hydrogen-bond donors (Lipinski definition) is 2. The molecule has 19 heavy (non-hydrogen) atoms. The average Bonchev–Trinajstić information content (AvgIpc) is 2.63. The van der Waals surface area contributed by atoms with Crippen molar-refractivity contribution in [2.75, 3.05) is 5.32 Å².